The molecule has 2 heterocycles. The van der Waals surface area contributed by atoms with Gasteiger partial charge in [-0.1, -0.05) is 12.1 Å². The van der Waals surface area contributed by atoms with E-state index in [0.717, 1.165) is 5.56 Å². The zero-order valence-electron chi connectivity index (χ0n) is 12.9. The summed E-state index contributed by atoms with van der Waals surface area (Å²) < 4.78 is 43.3. The highest BCUT2D eigenvalue weighted by Crippen LogP contribution is 2.15. The predicted molar refractivity (Wildman–Crippen MR) is 86.4 cm³/mol. The average molecular weight is 349 g/mol. The highest BCUT2D eigenvalue weighted by atomic mass is 32.2. The van der Waals surface area contributed by atoms with Crippen LogP contribution in [-0.4, -0.2) is 28.0 Å². The Kier molecular flexibility index (Phi) is 4.34. The van der Waals surface area contributed by atoms with Gasteiger partial charge in [0.25, 0.3) is 10.0 Å². The van der Waals surface area contributed by atoms with E-state index in [0.29, 0.717) is 18.8 Å². The maximum Gasteiger partial charge on any atom is 0.265 e. The number of aromatic nitrogens is 4. The highest BCUT2D eigenvalue weighted by molar-refractivity contribution is 7.92. The zero-order chi connectivity index (χ0) is 17.2. The number of nitrogens with zero attached hydrogens (tertiary/aromatic N) is 4. The van der Waals surface area contributed by atoms with Crippen molar-refractivity contribution in [3.8, 4) is 0 Å². The number of nitrogens with one attached hydrogen (secondary N) is 1. The molecule has 0 spiro atoms. The van der Waals surface area contributed by atoms with Crippen molar-refractivity contribution in [1.82, 2.24) is 19.6 Å². The molecule has 3 rings (SSSR count). The van der Waals surface area contributed by atoms with Gasteiger partial charge in [0.1, 0.15) is 10.7 Å². The highest BCUT2D eigenvalue weighted by Gasteiger charge is 2.17. The lowest BCUT2D eigenvalue weighted by molar-refractivity contribution is 0.600. The molecule has 0 aliphatic carbocycles. The van der Waals surface area contributed by atoms with Crippen molar-refractivity contribution in [3.05, 3.63) is 60.4 Å². The number of hydrogen-bond donors (Lipinski definition) is 1. The van der Waals surface area contributed by atoms with Gasteiger partial charge in [-0.3, -0.25) is 14.1 Å². The first-order chi connectivity index (χ1) is 11.5. The normalized spacial score (nSPS) is 11.6. The van der Waals surface area contributed by atoms with Crippen LogP contribution in [0.25, 0.3) is 0 Å². The molecule has 126 valence electrons. The van der Waals surface area contributed by atoms with Gasteiger partial charge in [-0.15, -0.1) is 0 Å². The number of rotatable bonds is 6. The average Bonchev–Trinajstić information content (AvgIpc) is 3.16. The molecular formula is C15H16FN5O2S. The van der Waals surface area contributed by atoms with E-state index in [1.54, 1.807) is 18.3 Å². The Hall–Kier alpha value is -2.68. The van der Waals surface area contributed by atoms with Crippen LogP contribution in [0, 0.1) is 5.82 Å². The van der Waals surface area contributed by atoms with Crippen LogP contribution in [0.2, 0.25) is 0 Å². The number of anilines is 1. The van der Waals surface area contributed by atoms with E-state index in [9.17, 15) is 12.8 Å². The van der Waals surface area contributed by atoms with Gasteiger partial charge in [0.05, 0.1) is 24.6 Å². The van der Waals surface area contributed by atoms with Crippen LogP contribution in [0.1, 0.15) is 12.5 Å². The fourth-order valence-corrected chi connectivity index (χ4v) is 3.18. The predicted octanol–water partition coefficient (Wildman–Crippen LogP) is 2.09. The third-order valence-electron chi connectivity index (χ3n) is 3.36. The lowest BCUT2D eigenvalue weighted by Gasteiger charge is -2.03. The standard InChI is InChI=1S/C15H16FN5O2S/c1-2-20-11-15(8-18-20)24(22,23)19-14-7-17-21(10-14)9-12-4-3-5-13(16)6-12/h3-8,10-11,19H,2,9H2,1H3. The van der Waals surface area contributed by atoms with Crippen LogP contribution in [0.4, 0.5) is 10.1 Å². The summed E-state index contributed by atoms with van der Waals surface area (Å²) in [5.41, 5.74) is 1.06. The number of hydrogen-bond acceptors (Lipinski definition) is 4. The number of halogens is 1. The molecule has 0 bridgehead atoms. The Morgan fingerprint density at radius 2 is 1.96 bits per heavy atom. The first-order valence-corrected chi connectivity index (χ1v) is 8.77. The summed E-state index contributed by atoms with van der Waals surface area (Å²) in [6, 6.07) is 6.16. The van der Waals surface area contributed by atoms with Crippen molar-refractivity contribution in [3.63, 3.8) is 0 Å². The summed E-state index contributed by atoms with van der Waals surface area (Å²) in [4.78, 5) is 0.0854. The van der Waals surface area contributed by atoms with Crippen LogP contribution in [0.15, 0.2) is 53.9 Å². The van der Waals surface area contributed by atoms with Gasteiger partial charge in [0.2, 0.25) is 0 Å². The summed E-state index contributed by atoms with van der Waals surface area (Å²) in [6.45, 7) is 2.79. The summed E-state index contributed by atoms with van der Waals surface area (Å²) >= 11 is 0. The van der Waals surface area contributed by atoms with E-state index in [4.69, 9.17) is 0 Å². The molecular weight excluding hydrogens is 333 g/mol. The van der Waals surface area contributed by atoms with Crippen LogP contribution in [0.3, 0.4) is 0 Å². The zero-order valence-corrected chi connectivity index (χ0v) is 13.7. The van der Waals surface area contributed by atoms with Gasteiger partial charge in [-0.2, -0.15) is 10.2 Å². The largest absolute Gasteiger partial charge is 0.276 e. The smallest absolute Gasteiger partial charge is 0.265 e. The van der Waals surface area contributed by atoms with E-state index >= 15 is 0 Å². The fraction of sp³-hybridized carbons (Fsp3) is 0.200. The first-order valence-electron chi connectivity index (χ1n) is 7.28. The fourth-order valence-electron chi connectivity index (χ4n) is 2.20. The third-order valence-corrected chi connectivity index (χ3v) is 4.70. The first kappa shape index (κ1) is 16.2. The second-order valence-corrected chi connectivity index (χ2v) is 6.88. The molecule has 0 saturated carbocycles. The SMILES string of the molecule is CCn1cc(S(=O)(=O)Nc2cnn(Cc3cccc(F)c3)c2)cn1. The van der Waals surface area contributed by atoms with E-state index in [-0.39, 0.29) is 10.7 Å². The lowest BCUT2D eigenvalue weighted by Crippen LogP contribution is -2.12. The van der Waals surface area contributed by atoms with Crippen molar-refractivity contribution in [2.75, 3.05) is 4.72 Å². The molecule has 3 aromatic rings. The van der Waals surface area contributed by atoms with Crippen LogP contribution >= 0.6 is 0 Å². The molecule has 24 heavy (non-hydrogen) atoms. The lowest BCUT2D eigenvalue weighted by atomic mass is 10.2. The second-order valence-electron chi connectivity index (χ2n) is 5.19. The van der Waals surface area contributed by atoms with E-state index in [1.165, 1.54) is 40.1 Å². The molecule has 0 aliphatic rings. The minimum Gasteiger partial charge on any atom is -0.276 e. The molecule has 0 unspecified atom stereocenters. The molecule has 9 heteroatoms. The van der Waals surface area contributed by atoms with E-state index in [1.807, 2.05) is 6.92 Å². The molecule has 0 amide bonds. The Morgan fingerprint density at radius 3 is 2.67 bits per heavy atom. The Balaban J connectivity index is 1.73. The topological polar surface area (TPSA) is 81.8 Å². The summed E-state index contributed by atoms with van der Waals surface area (Å²) in [6.07, 6.45) is 5.70. The van der Waals surface area contributed by atoms with Crippen LogP contribution < -0.4 is 4.72 Å². The number of sulfonamides is 1. The third kappa shape index (κ3) is 3.62. The van der Waals surface area contributed by atoms with Crippen molar-refractivity contribution < 1.29 is 12.8 Å². The molecule has 0 saturated heterocycles. The van der Waals surface area contributed by atoms with Gasteiger partial charge in [0.15, 0.2) is 0 Å². The monoisotopic (exact) mass is 349 g/mol. The molecule has 2 aromatic heterocycles. The maximum atomic E-state index is 13.2. The minimum absolute atomic E-state index is 0.0854. The molecule has 7 nitrogen and oxygen atoms in total. The van der Waals surface area contributed by atoms with E-state index in [2.05, 4.69) is 14.9 Å². The van der Waals surface area contributed by atoms with Crippen molar-refractivity contribution in [2.45, 2.75) is 24.9 Å². The summed E-state index contributed by atoms with van der Waals surface area (Å²) in [7, 11) is -3.72. The van der Waals surface area contributed by atoms with Gasteiger partial charge in [-0.05, 0) is 24.6 Å². The number of aryl methyl sites for hydroxylation is 1. The van der Waals surface area contributed by atoms with Crippen LogP contribution in [-0.2, 0) is 23.1 Å². The van der Waals surface area contributed by atoms with E-state index < -0.39 is 10.0 Å². The number of benzene rings is 1. The molecule has 1 N–H and O–H groups in total. The van der Waals surface area contributed by atoms with Gasteiger partial charge in [-0.25, -0.2) is 12.8 Å². The second kappa shape index (κ2) is 6.44. The Labute approximate surface area is 138 Å². The molecule has 0 aliphatic heterocycles. The Morgan fingerprint density at radius 1 is 1.17 bits per heavy atom. The van der Waals surface area contributed by atoms with Gasteiger partial charge >= 0.3 is 0 Å². The molecule has 0 fully saturated rings. The summed E-state index contributed by atoms with van der Waals surface area (Å²) in [5.74, 6) is -0.325. The van der Waals surface area contributed by atoms with Crippen LogP contribution in [0.5, 0.6) is 0 Å². The molecule has 0 radical (unpaired) electrons. The van der Waals surface area contributed by atoms with Gasteiger partial charge < -0.3 is 0 Å². The molecule has 0 atom stereocenters. The molecule has 1 aromatic carbocycles. The summed E-state index contributed by atoms with van der Waals surface area (Å²) in [5, 5.41) is 8.04. The van der Waals surface area contributed by atoms with Crippen molar-refractivity contribution >= 4 is 15.7 Å². The maximum absolute atomic E-state index is 13.2. The Bertz CT molecular complexity index is 948. The van der Waals surface area contributed by atoms with Gasteiger partial charge in [0, 0.05) is 18.9 Å². The minimum atomic E-state index is -3.72. The van der Waals surface area contributed by atoms with Crippen molar-refractivity contribution in [2.24, 2.45) is 0 Å². The quantitative estimate of drug-likeness (QED) is 0.739. The van der Waals surface area contributed by atoms with Crippen molar-refractivity contribution in [1.29, 1.82) is 0 Å².